The van der Waals surface area contributed by atoms with Gasteiger partial charge in [-0.3, -0.25) is 0 Å². The van der Waals surface area contributed by atoms with E-state index in [0.717, 1.165) is 6.29 Å². The zero-order valence-corrected chi connectivity index (χ0v) is 7.18. The quantitative estimate of drug-likeness (QED) is 0.635. The minimum atomic E-state index is -4.08. The third-order valence-electron chi connectivity index (χ3n) is 2.21. The predicted molar refractivity (Wildman–Crippen MR) is 41.3 cm³/mol. The summed E-state index contributed by atoms with van der Waals surface area (Å²) in [7, 11) is 0. The van der Waals surface area contributed by atoms with E-state index in [9.17, 15) is 18.0 Å². The number of alkyl halides is 3. The zero-order valence-electron chi connectivity index (χ0n) is 7.18. The van der Waals surface area contributed by atoms with E-state index in [1.165, 1.54) is 0 Å². The van der Waals surface area contributed by atoms with Crippen LogP contribution in [0.3, 0.4) is 0 Å². The number of carbonyl (C=O) groups is 1. The fraction of sp³-hybridized carbons (Fsp3) is 0.875. The Labute approximate surface area is 74.7 Å². The second-order valence-corrected chi connectivity index (χ2v) is 3.35. The summed E-state index contributed by atoms with van der Waals surface area (Å²) in [5.41, 5.74) is 0. The van der Waals surface area contributed by atoms with Crippen LogP contribution in [0.4, 0.5) is 13.2 Å². The molecule has 0 aromatic rings. The summed E-state index contributed by atoms with van der Waals surface area (Å²) >= 11 is 0. The van der Waals surface area contributed by atoms with E-state index < -0.39 is 12.6 Å². The van der Waals surface area contributed by atoms with Crippen molar-refractivity contribution in [2.45, 2.75) is 19.0 Å². The molecule has 5 heteroatoms. The van der Waals surface area contributed by atoms with Gasteiger partial charge in [0.05, 0.1) is 6.42 Å². The smallest absolute Gasteiger partial charge is 0.303 e. The molecule has 0 amide bonds. The van der Waals surface area contributed by atoms with Crippen molar-refractivity contribution in [1.82, 2.24) is 4.90 Å². The van der Waals surface area contributed by atoms with Gasteiger partial charge >= 0.3 is 6.18 Å². The van der Waals surface area contributed by atoms with E-state index in [4.69, 9.17) is 0 Å². The molecular weight excluding hydrogens is 183 g/mol. The van der Waals surface area contributed by atoms with Crippen LogP contribution < -0.4 is 0 Å². The fourth-order valence-electron chi connectivity index (χ4n) is 1.46. The number of rotatable bonds is 3. The van der Waals surface area contributed by atoms with Gasteiger partial charge in [-0.2, -0.15) is 13.2 Å². The van der Waals surface area contributed by atoms with Crippen LogP contribution in [0.25, 0.3) is 0 Å². The Bertz CT molecular complexity index is 181. The van der Waals surface area contributed by atoms with Crippen LogP contribution in [0.1, 0.15) is 12.8 Å². The molecule has 1 saturated heterocycles. The maximum Gasteiger partial charge on any atom is 0.390 e. The van der Waals surface area contributed by atoms with Gasteiger partial charge in [0.1, 0.15) is 6.29 Å². The van der Waals surface area contributed by atoms with Crippen LogP contribution in [-0.4, -0.2) is 37.0 Å². The molecule has 0 aromatic carbocycles. The van der Waals surface area contributed by atoms with Crippen LogP contribution >= 0.6 is 0 Å². The first-order chi connectivity index (χ1) is 6.01. The van der Waals surface area contributed by atoms with Gasteiger partial charge in [-0.05, 0) is 13.0 Å². The molecule has 0 radical (unpaired) electrons. The van der Waals surface area contributed by atoms with Crippen LogP contribution in [-0.2, 0) is 4.79 Å². The van der Waals surface area contributed by atoms with Crippen molar-refractivity contribution in [2.75, 3.05) is 19.6 Å². The molecule has 1 atom stereocenters. The van der Waals surface area contributed by atoms with Gasteiger partial charge in [-0.1, -0.05) is 0 Å². The molecule has 1 unspecified atom stereocenters. The fourth-order valence-corrected chi connectivity index (χ4v) is 1.46. The highest BCUT2D eigenvalue weighted by Crippen LogP contribution is 2.22. The number of aldehydes is 1. The highest BCUT2D eigenvalue weighted by molar-refractivity contribution is 5.54. The molecule has 1 aliphatic heterocycles. The van der Waals surface area contributed by atoms with Crippen LogP contribution in [0.2, 0.25) is 0 Å². The first kappa shape index (κ1) is 10.5. The number of nitrogens with zero attached hydrogens (tertiary/aromatic N) is 1. The summed E-state index contributed by atoms with van der Waals surface area (Å²) < 4.78 is 35.4. The molecule has 13 heavy (non-hydrogen) atoms. The predicted octanol–water partition coefficient (Wildman–Crippen LogP) is 1.46. The van der Waals surface area contributed by atoms with Crippen LogP contribution in [0, 0.1) is 5.92 Å². The molecule has 1 heterocycles. The molecule has 0 spiro atoms. The maximum atomic E-state index is 11.8. The molecule has 1 aliphatic rings. The van der Waals surface area contributed by atoms with Crippen molar-refractivity contribution in [3.05, 3.63) is 0 Å². The van der Waals surface area contributed by atoms with E-state index in [0.29, 0.717) is 19.5 Å². The van der Waals surface area contributed by atoms with Gasteiger partial charge in [0.25, 0.3) is 0 Å². The van der Waals surface area contributed by atoms with E-state index in [-0.39, 0.29) is 12.5 Å². The summed E-state index contributed by atoms with van der Waals surface area (Å²) in [6, 6.07) is 0. The number of carbonyl (C=O) groups excluding carboxylic acids is 1. The van der Waals surface area contributed by atoms with Crippen molar-refractivity contribution in [2.24, 2.45) is 5.92 Å². The second kappa shape index (κ2) is 4.09. The standard InChI is InChI=1S/C8H12F3NO/c9-8(10,11)2-4-12-3-1-7(5-12)6-13/h6-7H,1-5H2. The molecule has 0 aliphatic carbocycles. The van der Waals surface area contributed by atoms with Gasteiger partial charge in [-0.25, -0.2) is 0 Å². The topological polar surface area (TPSA) is 20.3 Å². The number of hydrogen-bond donors (Lipinski definition) is 0. The lowest BCUT2D eigenvalue weighted by Crippen LogP contribution is -2.26. The summed E-state index contributed by atoms with van der Waals surface area (Å²) in [6.45, 7) is 1.12. The summed E-state index contributed by atoms with van der Waals surface area (Å²) in [5, 5.41) is 0. The number of likely N-dealkylation sites (tertiary alicyclic amines) is 1. The first-order valence-corrected chi connectivity index (χ1v) is 4.25. The Morgan fingerprint density at radius 1 is 1.46 bits per heavy atom. The molecule has 0 N–H and O–H groups in total. The summed E-state index contributed by atoms with van der Waals surface area (Å²) in [6.07, 6.45) is -3.34. The van der Waals surface area contributed by atoms with Crippen molar-refractivity contribution < 1.29 is 18.0 Å². The van der Waals surface area contributed by atoms with Crippen molar-refractivity contribution in [3.63, 3.8) is 0 Å². The Morgan fingerprint density at radius 2 is 2.15 bits per heavy atom. The third-order valence-corrected chi connectivity index (χ3v) is 2.21. The number of halogens is 3. The van der Waals surface area contributed by atoms with Crippen LogP contribution in [0.15, 0.2) is 0 Å². The first-order valence-electron chi connectivity index (χ1n) is 4.25. The van der Waals surface area contributed by atoms with Crippen molar-refractivity contribution in [1.29, 1.82) is 0 Å². The lowest BCUT2D eigenvalue weighted by Gasteiger charge is -2.15. The van der Waals surface area contributed by atoms with Crippen LogP contribution in [0.5, 0.6) is 0 Å². The van der Waals surface area contributed by atoms with Gasteiger partial charge in [0.15, 0.2) is 0 Å². The molecule has 0 aromatic heterocycles. The minimum absolute atomic E-state index is 0.0217. The molecule has 0 bridgehead atoms. The average Bonchev–Trinajstić information content (AvgIpc) is 2.47. The average molecular weight is 195 g/mol. The Balaban J connectivity index is 2.21. The summed E-state index contributed by atoms with van der Waals surface area (Å²) in [5.74, 6) is -0.0618. The zero-order chi connectivity index (χ0) is 9.90. The van der Waals surface area contributed by atoms with Gasteiger partial charge in [0.2, 0.25) is 0 Å². The highest BCUT2D eigenvalue weighted by Gasteiger charge is 2.30. The molecular formula is C8H12F3NO. The second-order valence-electron chi connectivity index (χ2n) is 3.35. The monoisotopic (exact) mass is 195 g/mol. The van der Waals surface area contributed by atoms with E-state index >= 15 is 0 Å². The van der Waals surface area contributed by atoms with Crippen molar-refractivity contribution >= 4 is 6.29 Å². The van der Waals surface area contributed by atoms with E-state index in [1.807, 2.05) is 0 Å². The van der Waals surface area contributed by atoms with Gasteiger partial charge < -0.3 is 9.69 Å². The summed E-state index contributed by atoms with van der Waals surface area (Å²) in [4.78, 5) is 12.0. The molecule has 1 fully saturated rings. The molecule has 0 saturated carbocycles. The Kier molecular flexibility index (Phi) is 3.30. The van der Waals surface area contributed by atoms with Gasteiger partial charge in [0, 0.05) is 19.0 Å². The normalized spacial score (nSPS) is 25.0. The lowest BCUT2D eigenvalue weighted by atomic mass is 10.1. The SMILES string of the molecule is O=CC1CCN(CCC(F)(F)F)C1. The molecule has 2 nitrogen and oxygen atoms in total. The Hall–Kier alpha value is -0.580. The molecule has 1 rings (SSSR count). The largest absolute Gasteiger partial charge is 0.390 e. The Morgan fingerprint density at radius 3 is 2.62 bits per heavy atom. The third kappa shape index (κ3) is 3.76. The number of hydrogen-bond acceptors (Lipinski definition) is 2. The van der Waals surface area contributed by atoms with E-state index in [2.05, 4.69) is 0 Å². The van der Waals surface area contributed by atoms with E-state index in [1.54, 1.807) is 4.90 Å². The molecule has 76 valence electrons. The van der Waals surface area contributed by atoms with Gasteiger partial charge in [-0.15, -0.1) is 0 Å². The minimum Gasteiger partial charge on any atom is -0.303 e. The van der Waals surface area contributed by atoms with Crippen molar-refractivity contribution in [3.8, 4) is 0 Å². The highest BCUT2D eigenvalue weighted by atomic mass is 19.4. The lowest BCUT2D eigenvalue weighted by molar-refractivity contribution is -0.137. The maximum absolute atomic E-state index is 11.8.